The van der Waals surface area contributed by atoms with E-state index in [1.807, 2.05) is 49.4 Å². The maximum atomic E-state index is 12.7. The molecule has 132 valence electrons. The van der Waals surface area contributed by atoms with E-state index in [9.17, 15) is 4.79 Å². The number of aromatic nitrogens is 4. The molecule has 0 bridgehead atoms. The second-order valence-corrected chi connectivity index (χ2v) is 6.71. The van der Waals surface area contributed by atoms with Crippen molar-refractivity contribution < 1.29 is 4.79 Å². The van der Waals surface area contributed by atoms with Gasteiger partial charge in [0.1, 0.15) is 0 Å². The molecule has 0 atom stereocenters. The fourth-order valence-electron chi connectivity index (χ4n) is 2.83. The molecule has 4 rings (SSSR count). The lowest BCUT2D eigenvalue weighted by Crippen LogP contribution is -2.26. The smallest absolute Gasteiger partial charge is 0.253 e. The van der Waals surface area contributed by atoms with Crippen molar-refractivity contribution in [2.75, 3.05) is 0 Å². The van der Waals surface area contributed by atoms with E-state index in [0.717, 1.165) is 24.0 Å². The minimum atomic E-state index is -0.164. The van der Waals surface area contributed by atoms with Crippen LogP contribution < -0.4 is 5.32 Å². The van der Waals surface area contributed by atoms with Crippen LogP contribution in [0.3, 0.4) is 0 Å². The number of carbonyl (C=O) groups is 1. The van der Waals surface area contributed by atoms with Crippen molar-refractivity contribution in [1.29, 1.82) is 0 Å². The lowest BCUT2D eigenvalue weighted by molar-refractivity contribution is 0.0951. The van der Waals surface area contributed by atoms with E-state index in [0.29, 0.717) is 28.5 Å². The molecule has 0 aliphatic heterocycles. The van der Waals surface area contributed by atoms with Crippen LogP contribution in [-0.4, -0.2) is 32.2 Å². The Bertz CT molecular complexity index is 950. The highest BCUT2D eigenvalue weighted by molar-refractivity contribution is 6.35. The van der Waals surface area contributed by atoms with Crippen LogP contribution in [0.15, 0.2) is 42.5 Å². The molecule has 1 aliphatic rings. The minimum absolute atomic E-state index is 0.164. The number of carbonyl (C=O) groups excluding carboxylic acids is 1. The average Bonchev–Trinajstić information content (AvgIpc) is 3.35. The fraction of sp³-hybridized carbons (Fsp3) is 0.263. The zero-order valence-electron chi connectivity index (χ0n) is 14.3. The Morgan fingerprint density at radius 3 is 2.69 bits per heavy atom. The van der Waals surface area contributed by atoms with Crippen LogP contribution in [0, 0.1) is 0 Å². The summed E-state index contributed by atoms with van der Waals surface area (Å²) >= 11 is 6.61. The number of hydrogen-bond donors (Lipinski definition) is 1. The first kappa shape index (κ1) is 16.7. The van der Waals surface area contributed by atoms with Gasteiger partial charge in [-0.2, -0.15) is 4.68 Å². The maximum Gasteiger partial charge on any atom is 0.253 e. The minimum Gasteiger partial charge on any atom is -0.349 e. The Labute approximate surface area is 156 Å². The second kappa shape index (κ2) is 6.88. The van der Waals surface area contributed by atoms with Gasteiger partial charge in [0.15, 0.2) is 5.82 Å². The summed E-state index contributed by atoms with van der Waals surface area (Å²) in [5.74, 6) is 0.522. The summed E-state index contributed by atoms with van der Waals surface area (Å²) in [5, 5.41) is 15.2. The molecule has 26 heavy (non-hydrogen) atoms. The van der Waals surface area contributed by atoms with E-state index >= 15 is 0 Å². The fourth-order valence-corrected chi connectivity index (χ4v) is 3.10. The molecule has 1 heterocycles. The Morgan fingerprint density at radius 1 is 1.23 bits per heavy atom. The Balaban J connectivity index is 1.88. The van der Waals surface area contributed by atoms with Gasteiger partial charge in [0, 0.05) is 12.5 Å². The summed E-state index contributed by atoms with van der Waals surface area (Å²) in [6, 6.07) is 13.9. The van der Waals surface area contributed by atoms with Crippen molar-refractivity contribution in [3.8, 4) is 16.8 Å². The number of tetrazole rings is 1. The largest absolute Gasteiger partial charge is 0.349 e. The van der Waals surface area contributed by atoms with Gasteiger partial charge >= 0.3 is 0 Å². The highest BCUT2D eigenvalue weighted by Gasteiger charge is 2.26. The summed E-state index contributed by atoms with van der Waals surface area (Å²) in [6.45, 7) is 1.97. The van der Waals surface area contributed by atoms with Crippen molar-refractivity contribution in [2.45, 2.75) is 32.2 Å². The molecule has 1 aliphatic carbocycles. The monoisotopic (exact) mass is 367 g/mol. The zero-order chi connectivity index (χ0) is 18.1. The van der Waals surface area contributed by atoms with E-state index in [-0.39, 0.29) is 11.9 Å². The number of nitrogens with zero attached hydrogens (tertiary/aromatic N) is 4. The van der Waals surface area contributed by atoms with Crippen molar-refractivity contribution >= 4 is 17.5 Å². The first-order valence-corrected chi connectivity index (χ1v) is 9.02. The first-order chi connectivity index (χ1) is 12.7. The number of rotatable bonds is 5. The average molecular weight is 368 g/mol. The lowest BCUT2D eigenvalue weighted by Gasteiger charge is -2.14. The van der Waals surface area contributed by atoms with Gasteiger partial charge < -0.3 is 5.32 Å². The van der Waals surface area contributed by atoms with Crippen LogP contribution >= 0.6 is 11.6 Å². The summed E-state index contributed by atoms with van der Waals surface area (Å²) in [6.07, 6.45) is 2.69. The summed E-state index contributed by atoms with van der Waals surface area (Å²) in [4.78, 5) is 12.7. The topological polar surface area (TPSA) is 72.7 Å². The first-order valence-electron chi connectivity index (χ1n) is 8.65. The summed E-state index contributed by atoms with van der Waals surface area (Å²) in [7, 11) is 0. The SMILES string of the molecule is CCc1nnnn1-c1cc(-c2ccccc2)cc(C(=O)NC2CC2)c1Cl. The zero-order valence-corrected chi connectivity index (χ0v) is 15.1. The highest BCUT2D eigenvalue weighted by Crippen LogP contribution is 2.32. The third kappa shape index (κ3) is 3.20. The molecule has 7 heteroatoms. The quantitative estimate of drug-likeness (QED) is 0.749. The van der Waals surface area contributed by atoms with Crippen molar-refractivity contribution in [3.63, 3.8) is 0 Å². The van der Waals surface area contributed by atoms with E-state index in [1.165, 1.54) is 0 Å². The van der Waals surface area contributed by atoms with Crippen LogP contribution in [0.2, 0.25) is 5.02 Å². The van der Waals surface area contributed by atoms with Gasteiger partial charge in [0.05, 0.1) is 16.3 Å². The van der Waals surface area contributed by atoms with Crippen molar-refractivity contribution in [1.82, 2.24) is 25.5 Å². The van der Waals surface area contributed by atoms with Crippen molar-refractivity contribution in [3.05, 3.63) is 58.9 Å². The Morgan fingerprint density at radius 2 is 2.00 bits per heavy atom. The highest BCUT2D eigenvalue weighted by atomic mass is 35.5. The van der Waals surface area contributed by atoms with Crippen LogP contribution in [-0.2, 0) is 6.42 Å². The molecule has 1 fully saturated rings. The van der Waals surface area contributed by atoms with Crippen molar-refractivity contribution in [2.24, 2.45) is 0 Å². The van der Waals surface area contributed by atoms with Gasteiger partial charge in [-0.25, -0.2) is 0 Å². The number of benzene rings is 2. The molecule has 2 aromatic carbocycles. The van der Waals surface area contributed by atoms with Crippen LogP contribution in [0.1, 0.15) is 35.9 Å². The number of amides is 1. The molecule has 1 saturated carbocycles. The molecule has 0 radical (unpaired) electrons. The van der Waals surface area contributed by atoms with Gasteiger partial charge in [-0.05, 0) is 46.5 Å². The lowest BCUT2D eigenvalue weighted by atomic mass is 10.0. The molecule has 1 N–H and O–H groups in total. The van der Waals surface area contributed by atoms with E-state index in [2.05, 4.69) is 20.8 Å². The number of hydrogen-bond acceptors (Lipinski definition) is 4. The van der Waals surface area contributed by atoms with E-state index in [4.69, 9.17) is 11.6 Å². The van der Waals surface area contributed by atoms with Crippen LogP contribution in [0.25, 0.3) is 16.8 Å². The Hall–Kier alpha value is -2.73. The molecule has 3 aromatic rings. The standard InChI is InChI=1S/C19H18ClN5O/c1-2-17-22-23-24-25(17)16-11-13(12-6-4-3-5-7-12)10-15(18(16)20)19(26)21-14-8-9-14/h3-7,10-11,14H,2,8-9H2,1H3,(H,21,26). The summed E-state index contributed by atoms with van der Waals surface area (Å²) in [5.41, 5.74) is 2.93. The third-order valence-electron chi connectivity index (χ3n) is 4.40. The maximum absolute atomic E-state index is 12.7. The molecule has 6 nitrogen and oxygen atoms in total. The molecular formula is C19H18ClN5O. The molecule has 1 aromatic heterocycles. The predicted octanol–water partition coefficient (Wildman–Crippen LogP) is 3.44. The molecule has 1 amide bonds. The van der Waals surface area contributed by atoms with Crippen LogP contribution in [0.4, 0.5) is 0 Å². The van der Waals surface area contributed by atoms with E-state index in [1.54, 1.807) is 4.68 Å². The number of nitrogens with one attached hydrogen (secondary N) is 1. The van der Waals surface area contributed by atoms with Gasteiger partial charge in [0.25, 0.3) is 5.91 Å². The van der Waals surface area contributed by atoms with Gasteiger partial charge in [-0.15, -0.1) is 5.10 Å². The number of aryl methyl sites for hydroxylation is 1. The molecule has 0 spiro atoms. The molecule has 0 unspecified atom stereocenters. The molecule has 0 saturated heterocycles. The predicted molar refractivity (Wildman–Crippen MR) is 99.5 cm³/mol. The van der Waals surface area contributed by atoms with Gasteiger partial charge in [-0.1, -0.05) is 48.9 Å². The number of halogens is 1. The normalized spacial score (nSPS) is 13.6. The van der Waals surface area contributed by atoms with Crippen LogP contribution in [0.5, 0.6) is 0 Å². The third-order valence-corrected chi connectivity index (χ3v) is 4.79. The second-order valence-electron chi connectivity index (χ2n) is 6.33. The summed E-state index contributed by atoms with van der Waals surface area (Å²) < 4.78 is 1.60. The van der Waals surface area contributed by atoms with Gasteiger partial charge in [-0.3, -0.25) is 4.79 Å². The Kier molecular flexibility index (Phi) is 4.42. The van der Waals surface area contributed by atoms with E-state index < -0.39 is 0 Å². The molecular weight excluding hydrogens is 350 g/mol. The van der Waals surface area contributed by atoms with Gasteiger partial charge in [0.2, 0.25) is 0 Å².